The van der Waals surface area contributed by atoms with Crippen LogP contribution in [-0.2, 0) is 13.2 Å². The number of nitrogens with one attached hydrogen (secondary N) is 1. The minimum Gasteiger partial charge on any atom is -0.487 e. The van der Waals surface area contributed by atoms with Crippen molar-refractivity contribution in [2.45, 2.75) is 20.1 Å². The smallest absolute Gasteiger partial charge is 0.274 e. The Kier molecular flexibility index (Phi) is 5.26. The third-order valence-corrected chi connectivity index (χ3v) is 3.89. The second kappa shape index (κ2) is 7.77. The molecule has 0 spiro atoms. The van der Waals surface area contributed by atoms with Crippen LogP contribution < -0.4 is 4.74 Å². The molecule has 26 heavy (non-hydrogen) atoms. The lowest BCUT2D eigenvalue weighted by Gasteiger charge is -2.16. The molecule has 0 fully saturated rings. The van der Waals surface area contributed by atoms with Gasteiger partial charge in [0.05, 0.1) is 17.9 Å². The number of carbonyl (C=O) groups excluding carboxylic acids is 1. The van der Waals surface area contributed by atoms with Crippen LogP contribution in [0, 0.1) is 12.7 Å². The maximum Gasteiger partial charge on any atom is 0.274 e. The normalized spacial score (nSPS) is 10.6. The van der Waals surface area contributed by atoms with Crippen molar-refractivity contribution >= 4 is 5.91 Å². The van der Waals surface area contributed by atoms with Crippen LogP contribution in [0.3, 0.4) is 0 Å². The van der Waals surface area contributed by atoms with Gasteiger partial charge in [-0.3, -0.25) is 14.9 Å². The second-order valence-electron chi connectivity index (χ2n) is 5.95. The third-order valence-electron chi connectivity index (χ3n) is 3.89. The van der Waals surface area contributed by atoms with Crippen molar-refractivity contribution in [3.63, 3.8) is 0 Å². The fraction of sp³-hybridized carbons (Fsp3) is 0.211. The Morgan fingerprint density at radius 1 is 1.27 bits per heavy atom. The van der Waals surface area contributed by atoms with Gasteiger partial charge in [-0.1, -0.05) is 12.1 Å². The van der Waals surface area contributed by atoms with E-state index < -0.39 is 0 Å². The molecule has 0 radical (unpaired) electrons. The highest BCUT2D eigenvalue weighted by molar-refractivity contribution is 5.92. The molecule has 6 nitrogen and oxygen atoms in total. The zero-order chi connectivity index (χ0) is 18.5. The first-order valence-corrected chi connectivity index (χ1v) is 8.11. The number of pyridine rings is 1. The molecule has 0 atom stereocenters. The van der Waals surface area contributed by atoms with Gasteiger partial charge in [0, 0.05) is 19.3 Å². The van der Waals surface area contributed by atoms with Crippen molar-refractivity contribution in [3.8, 4) is 5.75 Å². The number of carbonyl (C=O) groups is 1. The molecule has 7 heteroatoms. The molecule has 3 rings (SSSR count). The van der Waals surface area contributed by atoms with Gasteiger partial charge in [-0.15, -0.1) is 0 Å². The molecule has 0 aliphatic heterocycles. The zero-order valence-electron chi connectivity index (χ0n) is 14.6. The molecule has 134 valence electrons. The molecule has 0 saturated carbocycles. The summed E-state index contributed by atoms with van der Waals surface area (Å²) >= 11 is 0. The first-order valence-electron chi connectivity index (χ1n) is 8.11. The van der Waals surface area contributed by atoms with Crippen molar-refractivity contribution < 1.29 is 13.9 Å². The minimum atomic E-state index is -0.366. The number of halogens is 1. The van der Waals surface area contributed by atoms with Gasteiger partial charge in [0.25, 0.3) is 5.91 Å². The Morgan fingerprint density at radius 3 is 2.88 bits per heavy atom. The van der Waals surface area contributed by atoms with Crippen molar-refractivity contribution in [2.75, 3.05) is 7.05 Å². The lowest BCUT2D eigenvalue weighted by Crippen LogP contribution is -2.27. The Morgan fingerprint density at radius 2 is 2.12 bits per heavy atom. The maximum atomic E-state index is 13.1. The van der Waals surface area contributed by atoms with E-state index >= 15 is 0 Å². The molecule has 2 heterocycles. The summed E-state index contributed by atoms with van der Waals surface area (Å²) in [4.78, 5) is 18.4. The van der Waals surface area contributed by atoms with Crippen LogP contribution in [0.1, 0.15) is 27.4 Å². The van der Waals surface area contributed by atoms with E-state index in [2.05, 4.69) is 15.2 Å². The first-order chi connectivity index (χ1) is 12.5. The van der Waals surface area contributed by atoms with Crippen LogP contribution in [-0.4, -0.2) is 33.0 Å². The summed E-state index contributed by atoms with van der Waals surface area (Å²) in [7, 11) is 1.70. The third kappa shape index (κ3) is 4.24. The minimum absolute atomic E-state index is 0.160. The lowest BCUT2D eigenvalue weighted by molar-refractivity contribution is 0.0777. The molecule has 0 unspecified atom stereocenters. The summed E-state index contributed by atoms with van der Waals surface area (Å²) in [5.41, 5.74) is 2.78. The van der Waals surface area contributed by atoms with E-state index in [1.165, 1.54) is 12.1 Å². The van der Waals surface area contributed by atoms with Gasteiger partial charge in [-0.25, -0.2) is 4.39 Å². The SMILES string of the molecule is Cc1cccnc1CN(C)C(=O)c1cc(COc2cccc(F)c2)[nH]n1. The molecule has 0 aliphatic rings. The molecule has 0 saturated heterocycles. The number of hydrogen-bond acceptors (Lipinski definition) is 4. The number of aromatic amines is 1. The molecule has 1 aromatic carbocycles. The van der Waals surface area contributed by atoms with E-state index in [-0.39, 0.29) is 18.3 Å². The Bertz CT molecular complexity index is 910. The van der Waals surface area contributed by atoms with Gasteiger partial charge < -0.3 is 9.64 Å². The molecular weight excluding hydrogens is 335 g/mol. The average Bonchev–Trinajstić information content (AvgIpc) is 3.10. The molecule has 2 aromatic heterocycles. The monoisotopic (exact) mass is 354 g/mol. The fourth-order valence-corrected chi connectivity index (χ4v) is 2.44. The van der Waals surface area contributed by atoms with Crippen molar-refractivity contribution in [2.24, 2.45) is 0 Å². The van der Waals surface area contributed by atoms with Gasteiger partial charge in [-0.2, -0.15) is 5.10 Å². The predicted octanol–water partition coefficient (Wildman–Crippen LogP) is 3.10. The van der Waals surface area contributed by atoms with E-state index in [1.54, 1.807) is 36.3 Å². The number of hydrogen-bond donors (Lipinski definition) is 1. The van der Waals surface area contributed by atoms with Gasteiger partial charge >= 0.3 is 0 Å². The highest BCUT2D eigenvalue weighted by Gasteiger charge is 2.17. The van der Waals surface area contributed by atoms with Gasteiger partial charge in [-0.05, 0) is 36.8 Å². The zero-order valence-corrected chi connectivity index (χ0v) is 14.6. The largest absolute Gasteiger partial charge is 0.487 e. The van der Waals surface area contributed by atoms with Crippen molar-refractivity contribution in [3.05, 3.63) is 77.1 Å². The number of rotatable bonds is 6. The first kappa shape index (κ1) is 17.6. The summed E-state index contributed by atoms with van der Waals surface area (Å²) in [6, 6.07) is 11.3. The van der Waals surface area contributed by atoms with E-state index in [9.17, 15) is 9.18 Å². The summed E-state index contributed by atoms with van der Waals surface area (Å²) < 4.78 is 18.6. The Balaban J connectivity index is 1.61. The quantitative estimate of drug-likeness (QED) is 0.738. The number of benzene rings is 1. The van der Waals surface area contributed by atoms with Crippen LogP contribution >= 0.6 is 0 Å². The lowest BCUT2D eigenvalue weighted by atomic mass is 10.2. The standard InChI is InChI=1S/C19H19FN4O2/c1-13-5-4-8-21-18(13)11-24(2)19(25)17-10-15(22-23-17)12-26-16-7-3-6-14(20)9-16/h3-10H,11-12H2,1-2H3,(H,22,23). The topological polar surface area (TPSA) is 71.1 Å². The van der Waals surface area contributed by atoms with E-state index in [0.29, 0.717) is 23.7 Å². The van der Waals surface area contributed by atoms with E-state index in [4.69, 9.17) is 4.74 Å². The summed E-state index contributed by atoms with van der Waals surface area (Å²) in [5.74, 6) is -0.173. The molecule has 0 bridgehead atoms. The number of amides is 1. The summed E-state index contributed by atoms with van der Waals surface area (Å²) in [6.45, 7) is 2.51. The van der Waals surface area contributed by atoms with Crippen LogP contribution in [0.4, 0.5) is 4.39 Å². The van der Waals surface area contributed by atoms with E-state index in [1.807, 2.05) is 19.1 Å². The molecule has 1 N–H and O–H groups in total. The van der Waals surface area contributed by atoms with Crippen LogP contribution in [0.25, 0.3) is 0 Å². The van der Waals surface area contributed by atoms with Crippen molar-refractivity contribution in [1.29, 1.82) is 0 Å². The summed E-state index contributed by atoms with van der Waals surface area (Å²) in [6.07, 6.45) is 1.71. The van der Waals surface area contributed by atoms with Gasteiger partial charge in [0.1, 0.15) is 18.2 Å². The highest BCUT2D eigenvalue weighted by Crippen LogP contribution is 2.14. The predicted molar refractivity (Wildman–Crippen MR) is 94.1 cm³/mol. The summed E-state index contributed by atoms with van der Waals surface area (Å²) in [5, 5.41) is 6.81. The number of H-pyrrole nitrogens is 1. The van der Waals surface area contributed by atoms with Gasteiger partial charge in [0.15, 0.2) is 5.69 Å². The Labute approximate surface area is 150 Å². The molecular formula is C19H19FN4O2. The van der Waals surface area contributed by atoms with Crippen molar-refractivity contribution in [1.82, 2.24) is 20.1 Å². The van der Waals surface area contributed by atoms with Crippen LogP contribution in [0.15, 0.2) is 48.7 Å². The highest BCUT2D eigenvalue weighted by atomic mass is 19.1. The Hall–Kier alpha value is -3.22. The second-order valence-corrected chi connectivity index (χ2v) is 5.95. The van der Waals surface area contributed by atoms with E-state index in [0.717, 1.165) is 11.3 Å². The number of nitrogens with zero attached hydrogens (tertiary/aromatic N) is 3. The number of aromatic nitrogens is 3. The number of aryl methyl sites for hydroxylation is 1. The van der Waals surface area contributed by atoms with Crippen LogP contribution in [0.5, 0.6) is 5.75 Å². The fourth-order valence-electron chi connectivity index (χ4n) is 2.44. The van der Waals surface area contributed by atoms with Crippen LogP contribution in [0.2, 0.25) is 0 Å². The number of ether oxygens (including phenoxy) is 1. The van der Waals surface area contributed by atoms with Gasteiger partial charge in [0.2, 0.25) is 0 Å². The maximum absolute atomic E-state index is 13.1. The molecule has 3 aromatic rings. The molecule has 0 aliphatic carbocycles. The average molecular weight is 354 g/mol. The molecule has 1 amide bonds.